The van der Waals surface area contributed by atoms with Crippen LogP contribution in [-0.4, -0.2) is 53.7 Å². The Morgan fingerprint density at radius 2 is 1.73 bits per heavy atom. The highest BCUT2D eigenvalue weighted by Gasteiger charge is 2.26. The van der Waals surface area contributed by atoms with Gasteiger partial charge in [-0.05, 0) is 44.5 Å². The second kappa shape index (κ2) is 8.73. The molecule has 0 spiro atoms. The number of piperazine rings is 1. The second-order valence-electron chi connectivity index (χ2n) is 8.67. The van der Waals surface area contributed by atoms with Gasteiger partial charge < -0.3 is 19.3 Å². The van der Waals surface area contributed by atoms with Gasteiger partial charge in [-0.25, -0.2) is 9.97 Å². The minimum Gasteiger partial charge on any atom is -0.454 e. The molecule has 0 radical (unpaired) electrons. The fourth-order valence-electron chi connectivity index (χ4n) is 4.55. The number of amides is 1. The zero-order valence-corrected chi connectivity index (χ0v) is 19.3. The van der Waals surface area contributed by atoms with Crippen LogP contribution in [0.1, 0.15) is 38.6 Å². The van der Waals surface area contributed by atoms with Gasteiger partial charge in [0.25, 0.3) is 5.91 Å². The smallest absolute Gasteiger partial charge is 0.254 e. The first kappa shape index (κ1) is 21.2. The van der Waals surface area contributed by atoms with E-state index in [1.807, 2.05) is 11.8 Å². The topological polar surface area (TPSA) is 67.8 Å². The fourth-order valence-corrected chi connectivity index (χ4v) is 4.55. The molecule has 2 aromatic carbocycles. The lowest BCUT2D eigenvalue weighted by atomic mass is 10.0. The third kappa shape index (κ3) is 4.35. The van der Waals surface area contributed by atoms with Crippen LogP contribution >= 0.6 is 0 Å². The summed E-state index contributed by atoms with van der Waals surface area (Å²) < 4.78 is 10.8. The van der Waals surface area contributed by atoms with E-state index < -0.39 is 0 Å². The first-order valence-corrected chi connectivity index (χ1v) is 11.3. The molecule has 0 bridgehead atoms. The van der Waals surface area contributed by atoms with Crippen LogP contribution in [0.4, 0.5) is 5.82 Å². The Hall–Kier alpha value is -3.61. The van der Waals surface area contributed by atoms with Crippen molar-refractivity contribution in [2.24, 2.45) is 0 Å². The molecular weight excluding hydrogens is 416 g/mol. The molecule has 7 heteroatoms. The fraction of sp³-hybridized carbons (Fsp3) is 0.346. The van der Waals surface area contributed by atoms with E-state index in [1.165, 1.54) is 11.1 Å². The average molecular weight is 445 g/mol. The lowest BCUT2D eigenvalue weighted by Gasteiger charge is -2.36. The number of aryl methyl sites for hydroxylation is 3. The molecule has 33 heavy (non-hydrogen) atoms. The van der Waals surface area contributed by atoms with E-state index in [1.54, 1.807) is 18.2 Å². The Balaban J connectivity index is 1.33. The van der Waals surface area contributed by atoms with Gasteiger partial charge in [0.2, 0.25) is 6.79 Å². The summed E-state index contributed by atoms with van der Waals surface area (Å²) in [5.41, 5.74) is 5.29. The summed E-state index contributed by atoms with van der Waals surface area (Å²) >= 11 is 0. The summed E-state index contributed by atoms with van der Waals surface area (Å²) in [6.07, 6.45) is 0.791. The van der Waals surface area contributed by atoms with Gasteiger partial charge in [0.15, 0.2) is 11.5 Å². The maximum atomic E-state index is 13.1. The monoisotopic (exact) mass is 444 g/mol. The molecule has 170 valence electrons. The van der Waals surface area contributed by atoms with E-state index in [0.717, 1.165) is 42.4 Å². The van der Waals surface area contributed by atoms with Crippen molar-refractivity contribution in [3.8, 4) is 11.5 Å². The van der Waals surface area contributed by atoms with Crippen molar-refractivity contribution >= 4 is 11.7 Å². The molecule has 0 aliphatic carbocycles. The predicted octanol–water partition coefficient (Wildman–Crippen LogP) is 3.68. The molecule has 0 N–H and O–H groups in total. The highest BCUT2D eigenvalue weighted by molar-refractivity contribution is 5.95. The van der Waals surface area contributed by atoms with Crippen LogP contribution in [0.25, 0.3) is 0 Å². The highest BCUT2D eigenvalue weighted by Crippen LogP contribution is 2.33. The van der Waals surface area contributed by atoms with E-state index in [2.05, 4.69) is 48.0 Å². The lowest BCUT2D eigenvalue weighted by Crippen LogP contribution is -2.49. The van der Waals surface area contributed by atoms with Gasteiger partial charge in [0, 0.05) is 49.4 Å². The summed E-state index contributed by atoms with van der Waals surface area (Å²) in [4.78, 5) is 26.7. The molecule has 1 aromatic heterocycles. The summed E-state index contributed by atoms with van der Waals surface area (Å²) in [7, 11) is 0. The lowest BCUT2D eigenvalue weighted by molar-refractivity contribution is 0.0746. The van der Waals surface area contributed by atoms with Gasteiger partial charge >= 0.3 is 0 Å². The van der Waals surface area contributed by atoms with E-state index in [-0.39, 0.29) is 12.7 Å². The normalized spacial score (nSPS) is 15.1. The molecule has 2 aliphatic heterocycles. The molecule has 1 fully saturated rings. The van der Waals surface area contributed by atoms with Crippen molar-refractivity contribution in [1.82, 2.24) is 14.9 Å². The number of hydrogen-bond donors (Lipinski definition) is 0. The Bertz CT molecular complexity index is 1200. The Kier molecular flexibility index (Phi) is 5.62. The van der Waals surface area contributed by atoms with Crippen LogP contribution in [0.2, 0.25) is 0 Å². The molecule has 7 nitrogen and oxygen atoms in total. The van der Waals surface area contributed by atoms with Gasteiger partial charge in [0.05, 0.1) is 0 Å². The summed E-state index contributed by atoms with van der Waals surface area (Å²) in [5.74, 6) is 3.09. The van der Waals surface area contributed by atoms with E-state index in [9.17, 15) is 4.79 Å². The number of rotatable bonds is 4. The molecule has 3 aromatic rings. The summed E-state index contributed by atoms with van der Waals surface area (Å²) in [6, 6.07) is 13.9. The molecule has 0 unspecified atom stereocenters. The molecule has 1 saturated heterocycles. The van der Waals surface area contributed by atoms with Crippen molar-refractivity contribution in [2.75, 3.05) is 37.9 Å². The molecule has 3 heterocycles. The van der Waals surface area contributed by atoms with E-state index in [0.29, 0.717) is 30.2 Å². The number of aromatic nitrogens is 2. The van der Waals surface area contributed by atoms with Gasteiger partial charge in [-0.3, -0.25) is 4.79 Å². The zero-order valence-electron chi connectivity index (χ0n) is 19.3. The third-order valence-corrected chi connectivity index (χ3v) is 6.25. The average Bonchev–Trinajstić information content (AvgIpc) is 3.28. The van der Waals surface area contributed by atoms with Crippen LogP contribution in [0, 0.1) is 20.8 Å². The maximum Gasteiger partial charge on any atom is 0.254 e. The van der Waals surface area contributed by atoms with Gasteiger partial charge in [-0.15, -0.1) is 0 Å². The van der Waals surface area contributed by atoms with Crippen molar-refractivity contribution < 1.29 is 14.3 Å². The Labute approximate surface area is 194 Å². The summed E-state index contributed by atoms with van der Waals surface area (Å²) in [6.45, 7) is 9.04. The van der Waals surface area contributed by atoms with Crippen molar-refractivity contribution in [2.45, 2.75) is 27.2 Å². The van der Waals surface area contributed by atoms with E-state index >= 15 is 0 Å². The van der Waals surface area contributed by atoms with Crippen molar-refractivity contribution in [1.29, 1.82) is 0 Å². The number of benzene rings is 2. The third-order valence-electron chi connectivity index (χ3n) is 6.25. The molecular formula is C26H28N4O3. The Morgan fingerprint density at radius 3 is 2.52 bits per heavy atom. The molecule has 0 saturated carbocycles. The number of fused-ring (bicyclic) bond motifs is 1. The summed E-state index contributed by atoms with van der Waals surface area (Å²) in [5, 5.41) is 0. The van der Waals surface area contributed by atoms with Crippen LogP contribution in [0.5, 0.6) is 11.5 Å². The van der Waals surface area contributed by atoms with Gasteiger partial charge in [0.1, 0.15) is 11.6 Å². The highest BCUT2D eigenvalue weighted by atomic mass is 16.7. The standard InChI is InChI=1S/C26H28N4O3/c1-17-5-4-6-20(13-17)14-22-18(2)27-19(3)28-25(22)29-9-11-30(12-10-29)26(31)21-7-8-23-24(15-21)33-16-32-23/h4-8,13,15H,9-12,14,16H2,1-3H3. The molecule has 2 aliphatic rings. The number of carbonyl (C=O) groups is 1. The number of ether oxygens (including phenoxy) is 2. The molecule has 1 amide bonds. The minimum absolute atomic E-state index is 0.0167. The number of anilines is 1. The molecule has 5 rings (SSSR count). The number of carbonyl (C=O) groups excluding carboxylic acids is 1. The van der Waals surface area contributed by atoms with Crippen LogP contribution in [0.3, 0.4) is 0 Å². The number of nitrogens with zero attached hydrogens (tertiary/aromatic N) is 4. The first-order valence-electron chi connectivity index (χ1n) is 11.3. The van der Waals surface area contributed by atoms with E-state index in [4.69, 9.17) is 14.5 Å². The SMILES string of the molecule is Cc1cccc(Cc2c(C)nc(C)nc2N2CCN(C(=O)c3ccc4c(c3)OCO4)CC2)c1. The van der Waals surface area contributed by atoms with Crippen LogP contribution in [0.15, 0.2) is 42.5 Å². The Morgan fingerprint density at radius 1 is 0.939 bits per heavy atom. The minimum atomic E-state index is 0.0167. The maximum absolute atomic E-state index is 13.1. The quantitative estimate of drug-likeness (QED) is 0.612. The predicted molar refractivity (Wildman–Crippen MR) is 126 cm³/mol. The van der Waals surface area contributed by atoms with Crippen LogP contribution < -0.4 is 14.4 Å². The van der Waals surface area contributed by atoms with Crippen LogP contribution in [-0.2, 0) is 6.42 Å². The van der Waals surface area contributed by atoms with Gasteiger partial charge in [-0.1, -0.05) is 29.8 Å². The zero-order chi connectivity index (χ0) is 22.9. The number of hydrogen-bond acceptors (Lipinski definition) is 6. The second-order valence-corrected chi connectivity index (χ2v) is 8.67. The molecule has 0 atom stereocenters. The largest absolute Gasteiger partial charge is 0.454 e. The van der Waals surface area contributed by atoms with Crippen molar-refractivity contribution in [3.05, 3.63) is 76.2 Å². The van der Waals surface area contributed by atoms with Gasteiger partial charge in [-0.2, -0.15) is 0 Å². The first-order chi connectivity index (χ1) is 16.0. The van der Waals surface area contributed by atoms with Crippen molar-refractivity contribution in [3.63, 3.8) is 0 Å².